The Labute approximate surface area is 386 Å². The van der Waals surface area contributed by atoms with Crippen molar-refractivity contribution in [3.05, 3.63) is 130 Å². The molecular formula is C47H54N4O8S4. The lowest BCUT2D eigenvalue weighted by molar-refractivity contribution is -0.164. The van der Waals surface area contributed by atoms with E-state index < -0.39 is 21.2 Å². The van der Waals surface area contributed by atoms with Gasteiger partial charge in [0.2, 0.25) is 5.91 Å². The highest BCUT2D eigenvalue weighted by Gasteiger charge is 2.66. The van der Waals surface area contributed by atoms with Crippen LogP contribution in [-0.2, 0) is 44.9 Å². The van der Waals surface area contributed by atoms with Crippen LogP contribution in [0.25, 0.3) is 0 Å². The van der Waals surface area contributed by atoms with E-state index in [0.29, 0.717) is 5.75 Å². The predicted molar refractivity (Wildman–Crippen MR) is 253 cm³/mol. The second kappa shape index (κ2) is 19.4. The number of likely N-dealkylation sites (N-methyl/N-ethyl adjacent to an activating group) is 4. The largest absolute Gasteiger partial charge is 0.497 e. The fraction of sp³-hybridized carbons (Fsp3) is 0.404. The summed E-state index contributed by atoms with van der Waals surface area (Å²) < 4.78 is 10.2. The van der Waals surface area contributed by atoms with E-state index in [1.54, 1.807) is 47.3 Å². The molecule has 12 nitrogen and oxygen atoms in total. The highest BCUT2D eigenvalue weighted by Crippen LogP contribution is 2.61. The lowest BCUT2D eigenvalue weighted by Crippen LogP contribution is -2.73. The number of aliphatic hydroxyl groups excluding tert-OH is 2. The summed E-state index contributed by atoms with van der Waals surface area (Å²) in [4.78, 5) is 58.6. The molecule has 5 atom stereocenters. The summed E-state index contributed by atoms with van der Waals surface area (Å²) in [6.45, 7) is -0.554. The molecule has 16 heteroatoms. The molecule has 0 radical (unpaired) electrons. The average Bonchev–Trinajstić information content (AvgIpc) is 3.55. The summed E-state index contributed by atoms with van der Waals surface area (Å²) in [5.74, 6) is 0.751. The van der Waals surface area contributed by atoms with Crippen LogP contribution in [0, 0.1) is 0 Å². The molecule has 2 N–H and O–H groups in total. The number of amides is 4. The zero-order chi connectivity index (χ0) is 45.1. The summed E-state index contributed by atoms with van der Waals surface area (Å²) in [5, 5.41) is 20.4. The van der Waals surface area contributed by atoms with Crippen molar-refractivity contribution in [2.24, 2.45) is 0 Å². The zero-order valence-corrected chi connectivity index (χ0v) is 39.6. The Bertz CT molecular complexity index is 2290. The van der Waals surface area contributed by atoms with Crippen molar-refractivity contribution in [3.63, 3.8) is 0 Å². The van der Waals surface area contributed by atoms with E-state index in [2.05, 4.69) is 24.3 Å². The SMILES string of the molecule is COc1ccc(C2SCC(=O)N(C)C(Cc3ccc(CCc4ccc(CC56SC(c7ccc(OC)cc7)S[C@@](CO)(C(=O)N5C)N(C)C6=O)cc4)cc3)(C(=O)N(C)CCO)S2)cc1. The Morgan fingerprint density at radius 1 is 0.651 bits per heavy atom. The number of piperazine rings is 1. The van der Waals surface area contributed by atoms with Gasteiger partial charge in [0, 0.05) is 47.6 Å². The van der Waals surface area contributed by atoms with Crippen LogP contribution in [0.15, 0.2) is 97.1 Å². The minimum atomic E-state index is -1.44. The second-order valence-corrected chi connectivity index (χ2v) is 21.8. The monoisotopic (exact) mass is 930 g/mol. The normalized spacial score (nSPS) is 24.9. The molecular weight excluding hydrogens is 877 g/mol. The van der Waals surface area contributed by atoms with E-state index in [1.165, 1.54) is 61.7 Å². The van der Waals surface area contributed by atoms with Gasteiger partial charge in [-0.25, -0.2) is 0 Å². The Kier molecular flexibility index (Phi) is 14.4. The van der Waals surface area contributed by atoms with Crippen molar-refractivity contribution in [2.45, 2.75) is 49.5 Å². The number of benzene rings is 4. The first-order valence-corrected chi connectivity index (χ1v) is 24.3. The molecule has 0 spiro atoms. The van der Waals surface area contributed by atoms with Gasteiger partial charge in [-0.3, -0.25) is 19.2 Å². The van der Waals surface area contributed by atoms with Gasteiger partial charge in [-0.15, -0.1) is 47.0 Å². The van der Waals surface area contributed by atoms with Crippen molar-refractivity contribution in [2.75, 3.05) is 67.9 Å². The zero-order valence-electron chi connectivity index (χ0n) is 36.3. The molecule has 4 heterocycles. The maximum atomic E-state index is 14.4. The maximum absolute atomic E-state index is 14.4. The molecule has 2 bridgehead atoms. The molecule has 4 aromatic carbocycles. The van der Waals surface area contributed by atoms with Crippen molar-refractivity contribution in [1.29, 1.82) is 0 Å². The van der Waals surface area contributed by atoms with E-state index in [4.69, 9.17) is 9.47 Å². The summed E-state index contributed by atoms with van der Waals surface area (Å²) >= 11 is 5.71. The van der Waals surface area contributed by atoms with Crippen molar-refractivity contribution in [1.82, 2.24) is 19.6 Å². The van der Waals surface area contributed by atoms with Crippen LogP contribution in [0.3, 0.4) is 0 Å². The van der Waals surface area contributed by atoms with Crippen molar-refractivity contribution in [3.8, 4) is 11.5 Å². The molecule has 0 aliphatic carbocycles. The number of aliphatic hydroxyl groups is 2. The number of carbonyl (C=O) groups is 4. The van der Waals surface area contributed by atoms with Gasteiger partial charge in [0.15, 0.2) is 14.6 Å². The number of nitrogens with zero attached hydrogens (tertiary/aromatic N) is 4. The van der Waals surface area contributed by atoms with Crippen LogP contribution in [0.1, 0.15) is 42.5 Å². The van der Waals surface area contributed by atoms with E-state index in [1.807, 2.05) is 72.8 Å². The van der Waals surface area contributed by atoms with Gasteiger partial charge in [0.25, 0.3) is 17.7 Å². The molecule has 4 aromatic rings. The van der Waals surface area contributed by atoms with Gasteiger partial charge >= 0.3 is 0 Å². The molecule has 4 aliphatic heterocycles. The first-order chi connectivity index (χ1) is 30.2. The van der Waals surface area contributed by atoms with Crippen LogP contribution < -0.4 is 9.47 Å². The molecule has 4 fully saturated rings. The highest BCUT2D eigenvalue weighted by atomic mass is 32.2. The van der Waals surface area contributed by atoms with E-state index in [-0.39, 0.29) is 64.5 Å². The number of fused-ring (bicyclic) bond motifs is 4. The van der Waals surface area contributed by atoms with Gasteiger partial charge in [-0.1, -0.05) is 72.8 Å². The highest BCUT2D eigenvalue weighted by molar-refractivity contribution is 8.18. The van der Waals surface area contributed by atoms with Crippen LogP contribution in [-0.4, -0.2) is 136 Å². The van der Waals surface area contributed by atoms with E-state index in [0.717, 1.165) is 52.0 Å². The lowest BCUT2D eigenvalue weighted by Gasteiger charge is -2.50. The minimum Gasteiger partial charge on any atom is -0.497 e. The molecule has 0 saturated carbocycles. The maximum Gasteiger partial charge on any atom is 0.262 e. The number of methoxy groups -OCH3 is 2. The van der Waals surface area contributed by atoms with Gasteiger partial charge in [0.1, 0.15) is 11.5 Å². The van der Waals surface area contributed by atoms with Crippen LogP contribution >= 0.6 is 47.0 Å². The summed E-state index contributed by atoms with van der Waals surface area (Å²) in [7, 11) is 9.87. The second-order valence-electron chi connectivity index (χ2n) is 16.0. The number of aryl methyl sites for hydroxylation is 2. The molecule has 63 heavy (non-hydrogen) atoms. The summed E-state index contributed by atoms with van der Waals surface area (Å²) in [6, 6.07) is 31.7. The Hall–Kier alpha value is -4.32. The number of thioether (sulfide) groups is 4. The number of ether oxygens (including phenoxy) is 2. The molecule has 4 unspecified atom stereocenters. The Morgan fingerprint density at radius 2 is 1.11 bits per heavy atom. The molecule has 0 aromatic heterocycles. The smallest absolute Gasteiger partial charge is 0.262 e. The van der Waals surface area contributed by atoms with E-state index >= 15 is 0 Å². The van der Waals surface area contributed by atoms with Gasteiger partial charge in [-0.05, 0) is 70.5 Å². The van der Waals surface area contributed by atoms with Gasteiger partial charge in [-0.2, -0.15) is 0 Å². The molecule has 334 valence electrons. The summed E-state index contributed by atoms with van der Waals surface area (Å²) in [6.07, 6.45) is 2.09. The van der Waals surface area contributed by atoms with Gasteiger partial charge < -0.3 is 39.3 Å². The van der Waals surface area contributed by atoms with Crippen molar-refractivity contribution >= 4 is 70.7 Å². The number of carbonyl (C=O) groups excluding carboxylic acids is 4. The minimum absolute atomic E-state index is 0.136. The first-order valence-electron chi connectivity index (χ1n) is 20.6. The van der Waals surface area contributed by atoms with Crippen molar-refractivity contribution < 1.29 is 38.9 Å². The van der Waals surface area contributed by atoms with Crippen LogP contribution in [0.2, 0.25) is 0 Å². The number of rotatable bonds is 15. The number of hydrogen-bond donors (Lipinski definition) is 2. The third kappa shape index (κ3) is 9.04. The third-order valence-electron chi connectivity index (χ3n) is 12.3. The fourth-order valence-corrected chi connectivity index (χ4v) is 15.2. The molecule has 4 saturated heterocycles. The lowest BCUT2D eigenvalue weighted by atomic mass is 9.96. The number of hydrogen-bond acceptors (Lipinski definition) is 12. The first kappa shape index (κ1) is 46.7. The summed E-state index contributed by atoms with van der Waals surface area (Å²) in [5.41, 5.74) is 5.95. The molecule has 4 amide bonds. The predicted octanol–water partition coefficient (Wildman–Crippen LogP) is 5.85. The fourth-order valence-electron chi connectivity index (χ4n) is 8.25. The van der Waals surface area contributed by atoms with Gasteiger partial charge in [0.05, 0.1) is 42.4 Å². The third-order valence-corrected chi connectivity index (χ3v) is 18.9. The molecule has 8 rings (SSSR count). The topological polar surface area (TPSA) is 140 Å². The quantitative estimate of drug-likeness (QED) is 0.148. The van der Waals surface area contributed by atoms with E-state index in [9.17, 15) is 29.4 Å². The van der Waals surface area contributed by atoms with Crippen LogP contribution in [0.5, 0.6) is 11.5 Å². The Balaban J connectivity index is 1.07. The molecule has 4 aliphatic rings. The van der Waals surface area contributed by atoms with Crippen LogP contribution in [0.4, 0.5) is 0 Å². The average molecular weight is 931 g/mol. The Morgan fingerprint density at radius 3 is 1.62 bits per heavy atom. The standard InChI is InChI=1S/C47H54N4O8S4/c1-48(25-26-52)42(55)45(49(2)39(54)29-60-40(61-45)35-17-21-37(58-5)22-18-35)27-33-13-9-31(10-14-33)7-8-32-11-15-34(16-12-32)28-46-43(56)51(4)47(30-53,44(57)50(46)3)63-41(62-46)36-19-23-38(59-6)24-20-36/h9-24,40-41,52-53H,7-8,25-30H2,1-6H3/t40?,41?,45?,46?,47-/m0/s1.